The fourth-order valence-corrected chi connectivity index (χ4v) is 4.70. The molecule has 1 amide bonds. The van der Waals surface area contributed by atoms with Crippen molar-refractivity contribution in [2.24, 2.45) is 10.2 Å². The van der Waals surface area contributed by atoms with Crippen LogP contribution in [0.15, 0.2) is 107 Å². The highest BCUT2D eigenvalue weighted by molar-refractivity contribution is 5.88. The maximum Gasteiger partial charge on any atom is 0.407 e. The van der Waals surface area contributed by atoms with E-state index in [-0.39, 0.29) is 24.5 Å². The highest BCUT2D eigenvalue weighted by Crippen LogP contribution is 2.44. The predicted octanol–water partition coefficient (Wildman–Crippen LogP) is 6.33. The van der Waals surface area contributed by atoms with E-state index in [1.165, 1.54) is 12.1 Å². The van der Waals surface area contributed by atoms with Gasteiger partial charge in [-0.15, -0.1) is 0 Å². The van der Waals surface area contributed by atoms with Gasteiger partial charge < -0.3 is 20.3 Å². The Kier molecular flexibility index (Phi) is 7.63. The van der Waals surface area contributed by atoms with E-state index in [9.17, 15) is 19.5 Å². The number of carboxylic acid groups (broad SMARTS) is 2. The Balaban J connectivity index is 1.18. The van der Waals surface area contributed by atoms with Gasteiger partial charge in [-0.2, -0.15) is 10.2 Å². The van der Waals surface area contributed by atoms with Crippen molar-refractivity contribution in [3.8, 4) is 11.1 Å². The van der Waals surface area contributed by atoms with E-state index < -0.39 is 24.1 Å². The third kappa shape index (κ3) is 5.88. The molecule has 1 aliphatic carbocycles. The molecule has 1 aliphatic rings. The lowest BCUT2D eigenvalue weighted by molar-refractivity contribution is -0.139. The van der Waals surface area contributed by atoms with Crippen molar-refractivity contribution in [3.63, 3.8) is 0 Å². The van der Waals surface area contributed by atoms with Crippen molar-refractivity contribution < 1.29 is 29.3 Å². The number of ether oxygens (including phenoxy) is 1. The summed E-state index contributed by atoms with van der Waals surface area (Å²) in [6.45, 7) is 0.0882. The fourth-order valence-electron chi connectivity index (χ4n) is 4.70. The van der Waals surface area contributed by atoms with Crippen molar-refractivity contribution in [2.75, 3.05) is 6.61 Å². The molecule has 9 heteroatoms. The first kappa shape index (κ1) is 26.3. The van der Waals surface area contributed by atoms with E-state index >= 15 is 0 Å². The predicted molar refractivity (Wildman–Crippen MR) is 147 cm³/mol. The summed E-state index contributed by atoms with van der Waals surface area (Å²) in [4.78, 5) is 35.4. The standard InChI is InChI=1S/C31H25N3O6/c35-29(36)20-11-15-22(16-12-20)34-33-21-13-9-19(10-14-21)17-28(30(37)38)32-31(39)40-18-27-25-7-3-1-5-23(25)24-6-2-4-8-26(24)27/h1-16,27-28H,17-18H2,(H,32,39)(H,35,36)(H,37,38). The third-order valence-electron chi connectivity index (χ3n) is 6.71. The molecule has 0 radical (unpaired) electrons. The van der Waals surface area contributed by atoms with Crippen molar-refractivity contribution in [1.82, 2.24) is 5.32 Å². The monoisotopic (exact) mass is 535 g/mol. The number of alkyl carbamates (subject to hydrolysis) is 1. The van der Waals surface area contributed by atoms with Gasteiger partial charge in [-0.1, -0.05) is 60.7 Å². The number of hydrogen-bond acceptors (Lipinski definition) is 6. The van der Waals surface area contributed by atoms with E-state index in [1.807, 2.05) is 48.5 Å². The van der Waals surface area contributed by atoms with Crippen LogP contribution in [0.4, 0.5) is 16.2 Å². The van der Waals surface area contributed by atoms with E-state index in [1.54, 1.807) is 36.4 Å². The zero-order valence-electron chi connectivity index (χ0n) is 21.2. The summed E-state index contributed by atoms with van der Waals surface area (Å²) in [5.41, 5.74) is 6.21. The summed E-state index contributed by atoms with van der Waals surface area (Å²) in [5.74, 6) is -2.33. The molecule has 0 fully saturated rings. The molecular formula is C31H25N3O6. The van der Waals surface area contributed by atoms with E-state index in [2.05, 4.69) is 15.5 Å². The Morgan fingerprint density at radius 3 is 1.80 bits per heavy atom. The number of nitrogens with one attached hydrogen (secondary N) is 1. The highest BCUT2D eigenvalue weighted by Gasteiger charge is 2.29. The highest BCUT2D eigenvalue weighted by atomic mass is 16.5. The number of benzene rings is 4. The summed E-state index contributed by atoms with van der Waals surface area (Å²) in [6, 6.07) is 27.5. The Hall–Kier alpha value is -5.31. The minimum atomic E-state index is -1.18. The molecule has 40 heavy (non-hydrogen) atoms. The summed E-state index contributed by atoms with van der Waals surface area (Å²) in [5, 5.41) is 29.3. The summed E-state index contributed by atoms with van der Waals surface area (Å²) >= 11 is 0. The van der Waals surface area contributed by atoms with Crippen LogP contribution in [0.25, 0.3) is 11.1 Å². The zero-order chi connectivity index (χ0) is 28.1. The number of rotatable bonds is 9. The second-order valence-electron chi connectivity index (χ2n) is 9.28. The molecule has 0 bridgehead atoms. The van der Waals surface area contributed by atoms with Gasteiger partial charge in [0.2, 0.25) is 0 Å². The topological polar surface area (TPSA) is 138 Å². The van der Waals surface area contributed by atoms with Crippen LogP contribution in [0.5, 0.6) is 0 Å². The number of hydrogen-bond donors (Lipinski definition) is 3. The number of aromatic carboxylic acids is 1. The third-order valence-corrected chi connectivity index (χ3v) is 6.71. The first-order chi connectivity index (χ1) is 19.4. The van der Waals surface area contributed by atoms with Crippen LogP contribution >= 0.6 is 0 Å². The summed E-state index contributed by atoms with van der Waals surface area (Å²) < 4.78 is 5.50. The van der Waals surface area contributed by atoms with Crippen LogP contribution in [-0.4, -0.2) is 40.9 Å². The molecule has 0 saturated heterocycles. The van der Waals surface area contributed by atoms with Gasteiger partial charge in [0.25, 0.3) is 0 Å². The first-order valence-electron chi connectivity index (χ1n) is 12.6. The molecule has 9 nitrogen and oxygen atoms in total. The van der Waals surface area contributed by atoms with Crippen LogP contribution in [-0.2, 0) is 16.0 Å². The molecule has 1 atom stereocenters. The average Bonchev–Trinajstić information content (AvgIpc) is 3.29. The lowest BCUT2D eigenvalue weighted by atomic mass is 9.98. The SMILES string of the molecule is O=C(NC(Cc1ccc(N=Nc2ccc(C(=O)O)cc2)cc1)C(=O)O)OCC1c2ccccc2-c2ccccc21. The number of nitrogens with zero attached hydrogens (tertiary/aromatic N) is 2. The number of amides is 1. The lowest BCUT2D eigenvalue weighted by Crippen LogP contribution is -2.42. The van der Waals surface area contributed by atoms with Gasteiger partial charge in [0.05, 0.1) is 16.9 Å². The number of carbonyl (C=O) groups is 3. The van der Waals surface area contributed by atoms with Gasteiger partial charge in [-0.25, -0.2) is 14.4 Å². The average molecular weight is 536 g/mol. The molecule has 0 spiro atoms. The Bertz CT molecular complexity index is 1540. The zero-order valence-corrected chi connectivity index (χ0v) is 21.2. The number of carboxylic acids is 2. The van der Waals surface area contributed by atoms with E-state index in [0.29, 0.717) is 16.9 Å². The summed E-state index contributed by atoms with van der Waals surface area (Å²) in [6.07, 6.45) is -0.748. The minimum absolute atomic E-state index is 0.0492. The van der Waals surface area contributed by atoms with Crippen molar-refractivity contribution in [2.45, 2.75) is 18.4 Å². The van der Waals surface area contributed by atoms with Crippen molar-refractivity contribution in [1.29, 1.82) is 0 Å². The van der Waals surface area contributed by atoms with Gasteiger partial charge in [0.1, 0.15) is 12.6 Å². The molecule has 5 rings (SSSR count). The Morgan fingerprint density at radius 2 is 1.27 bits per heavy atom. The Labute approximate surface area is 229 Å². The maximum atomic E-state index is 12.6. The molecule has 0 aliphatic heterocycles. The van der Waals surface area contributed by atoms with Crippen LogP contribution in [0.2, 0.25) is 0 Å². The number of carbonyl (C=O) groups excluding carboxylic acids is 1. The van der Waals surface area contributed by atoms with Gasteiger partial charge in [-0.05, 0) is 64.2 Å². The van der Waals surface area contributed by atoms with Crippen LogP contribution in [0.1, 0.15) is 33.0 Å². The minimum Gasteiger partial charge on any atom is -0.480 e. The van der Waals surface area contributed by atoms with E-state index in [4.69, 9.17) is 9.84 Å². The number of azo groups is 1. The molecule has 4 aromatic rings. The Morgan fingerprint density at radius 1 is 0.750 bits per heavy atom. The number of fused-ring (bicyclic) bond motifs is 3. The molecule has 1 unspecified atom stereocenters. The molecule has 0 saturated carbocycles. The molecular weight excluding hydrogens is 510 g/mol. The molecule has 3 N–H and O–H groups in total. The van der Waals surface area contributed by atoms with Crippen molar-refractivity contribution in [3.05, 3.63) is 119 Å². The smallest absolute Gasteiger partial charge is 0.407 e. The van der Waals surface area contributed by atoms with Gasteiger partial charge in [-0.3, -0.25) is 0 Å². The van der Waals surface area contributed by atoms with Gasteiger partial charge in [0.15, 0.2) is 0 Å². The van der Waals surface area contributed by atoms with Gasteiger partial charge >= 0.3 is 18.0 Å². The van der Waals surface area contributed by atoms with Crippen LogP contribution in [0.3, 0.4) is 0 Å². The molecule has 200 valence electrons. The molecule has 0 aromatic heterocycles. The quantitative estimate of drug-likeness (QED) is 0.214. The van der Waals surface area contributed by atoms with Crippen LogP contribution in [0, 0.1) is 0 Å². The second kappa shape index (κ2) is 11.6. The number of aliphatic carboxylic acids is 1. The lowest BCUT2D eigenvalue weighted by Gasteiger charge is -2.17. The van der Waals surface area contributed by atoms with Crippen LogP contribution < -0.4 is 5.32 Å². The fraction of sp³-hybridized carbons (Fsp3) is 0.129. The maximum absolute atomic E-state index is 12.6. The van der Waals surface area contributed by atoms with Gasteiger partial charge in [0, 0.05) is 12.3 Å². The molecule has 0 heterocycles. The van der Waals surface area contributed by atoms with Crippen molar-refractivity contribution >= 4 is 29.4 Å². The second-order valence-corrected chi connectivity index (χ2v) is 9.28. The first-order valence-corrected chi connectivity index (χ1v) is 12.6. The normalized spacial score (nSPS) is 12.9. The van der Waals surface area contributed by atoms with E-state index in [0.717, 1.165) is 22.3 Å². The molecule has 4 aromatic carbocycles. The summed E-state index contributed by atoms with van der Waals surface area (Å²) in [7, 11) is 0. The largest absolute Gasteiger partial charge is 0.480 e.